The lowest BCUT2D eigenvalue weighted by Crippen LogP contribution is -1.81. The molecule has 37 valence electrons. The average molecular weight is 112 g/mol. The molecule has 0 amide bonds. The Morgan fingerprint density at radius 3 is 2.86 bits per heavy atom. The van der Waals surface area contributed by atoms with Gasteiger partial charge in [0, 0.05) is 5.75 Å². The second-order valence-electron chi connectivity index (χ2n) is 1.27. The number of allylic oxidation sites excluding steroid dienone is 2. The molecule has 0 saturated heterocycles. The number of nitrogens with one attached hydrogen (secondary N) is 1. The predicted molar refractivity (Wildman–Crippen MR) is 32.8 cm³/mol. The molecule has 1 heterocycles. The molecule has 0 bridgehead atoms. The summed E-state index contributed by atoms with van der Waals surface area (Å²) in [5, 5.41) is 0.669. The van der Waals surface area contributed by atoms with E-state index in [0.717, 1.165) is 5.75 Å². The van der Waals surface area contributed by atoms with Gasteiger partial charge in [-0.25, -0.2) is 0 Å². The lowest BCUT2D eigenvalue weighted by molar-refractivity contribution is 1.45. The Hall–Kier alpha value is -0.370. The molecule has 0 saturated carbocycles. The van der Waals surface area contributed by atoms with Crippen molar-refractivity contribution in [3.8, 4) is 0 Å². The third kappa shape index (κ3) is 1.27. The normalized spacial score (nSPS) is 19.1. The summed E-state index contributed by atoms with van der Waals surface area (Å²) in [6.07, 6.45) is 5.76. The Morgan fingerprint density at radius 1 is 1.71 bits per heavy atom. The van der Waals surface area contributed by atoms with Gasteiger partial charge in [0.15, 0.2) is 0 Å². The molecular weight excluding hydrogens is 106 g/mol. The third-order valence-corrected chi connectivity index (χ3v) is 1.52. The van der Waals surface area contributed by atoms with Gasteiger partial charge >= 0.3 is 0 Å². The van der Waals surface area contributed by atoms with Crippen molar-refractivity contribution in [2.24, 2.45) is 0 Å². The van der Waals surface area contributed by atoms with Gasteiger partial charge in [-0.2, -0.15) is 0 Å². The molecule has 0 atom stereocenters. The van der Waals surface area contributed by atoms with E-state index < -0.39 is 0 Å². The molecule has 1 rings (SSSR count). The van der Waals surface area contributed by atoms with Crippen molar-refractivity contribution < 1.29 is 0 Å². The molecule has 7 heavy (non-hydrogen) atoms. The molecule has 0 spiro atoms. The molecule has 1 aliphatic heterocycles. The fourth-order valence-corrected chi connectivity index (χ4v) is 0.959. The highest BCUT2D eigenvalue weighted by molar-refractivity contribution is 8.03. The first-order chi connectivity index (χ1) is 3.39. The zero-order valence-corrected chi connectivity index (χ0v) is 4.66. The fourth-order valence-electron chi connectivity index (χ4n) is 0.397. The van der Waals surface area contributed by atoms with E-state index >= 15 is 0 Å². The maximum Gasteiger partial charge on any atom is 0.0872 e. The number of hydrogen-bond donors (Lipinski definition) is 0. The maximum absolute atomic E-state index is 7.04. The lowest BCUT2D eigenvalue weighted by Gasteiger charge is -1.97. The molecule has 0 aromatic rings. The van der Waals surface area contributed by atoms with Gasteiger partial charge in [0.05, 0.1) is 5.03 Å². The first-order valence-electron chi connectivity index (χ1n) is 2.11. The minimum Gasteiger partial charge on any atom is -0.294 e. The van der Waals surface area contributed by atoms with Crippen molar-refractivity contribution in [2.75, 3.05) is 5.75 Å². The zero-order valence-electron chi connectivity index (χ0n) is 3.85. The van der Waals surface area contributed by atoms with Crippen LogP contribution in [-0.4, -0.2) is 5.75 Å². The van der Waals surface area contributed by atoms with Crippen LogP contribution in [-0.2, 0) is 0 Å². The van der Waals surface area contributed by atoms with Gasteiger partial charge in [0.1, 0.15) is 0 Å². The molecule has 1 nitrogen and oxygen atoms in total. The summed E-state index contributed by atoms with van der Waals surface area (Å²) in [6, 6.07) is 0. The van der Waals surface area contributed by atoms with Crippen LogP contribution in [0.25, 0.3) is 0 Å². The van der Waals surface area contributed by atoms with Crippen LogP contribution in [0.2, 0.25) is 0 Å². The minimum absolute atomic E-state index is 0.669. The van der Waals surface area contributed by atoms with Crippen LogP contribution in [0.3, 0.4) is 0 Å². The first-order valence-corrected chi connectivity index (χ1v) is 3.09. The molecule has 0 aromatic carbocycles. The van der Waals surface area contributed by atoms with Crippen molar-refractivity contribution in [3.63, 3.8) is 0 Å². The van der Waals surface area contributed by atoms with Crippen LogP contribution in [0.1, 0.15) is 0 Å². The Kier molecular flexibility index (Phi) is 1.42. The fraction of sp³-hybridized carbons (Fsp3) is 0.200. The Balaban J connectivity index is 2.57. The average Bonchev–Trinajstić information content (AvgIpc) is 1.69. The second kappa shape index (κ2) is 2.07. The van der Waals surface area contributed by atoms with E-state index in [9.17, 15) is 0 Å². The van der Waals surface area contributed by atoms with Crippen molar-refractivity contribution in [3.05, 3.63) is 23.3 Å². The van der Waals surface area contributed by atoms with Crippen LogP contribution >= 0.6 is 11.8 Å². The summed E-state index contributed by atoms with van der Waals surface area (Å²) in [5.74, 6) is 0.968. The van der Waals surface area contributed by atoms with E-state index in [0.29, 0.717) is 5.03 Å². The third-order valence-electron chi connectivity index (χ3n) is 0.719. The molecule has 0 unspecified atom stereocenters. The minimum atomic E-state index is 0.669. The zero-order chi connectivity index (χ0) is 5.11. The standard InChI is InChI=1S/C5H6NS/c6-5-3-1-2-4-7-5/h1-3,6H,4H2. The van der Waals surface area contributed by atoms with Crippen LogP contribution in [0.15, 0.2) is 23.3 Å². The maximum atomic E-state index is 7.04. The molecule has 0 aliphatic carbocycles. The molecule has 1 N–H and O–H groups in total. The van der Waals surface area contributed by atoms with Crippen LogP contribution < -0.4 is 5.73 Å². The molecule has 1 aliphatic rings. The Bertz CT molecular complexity index is 115. The van der Waals surface area contributed by atoms with Gasteiger partial charge in [-0.3, -0.25) is 5.73 Å². The smallest absolute Gasteiger partial charge is 0.0872 e. The van der Waals surface area contributed by atoms with Crippen LogP contribution in [0.4, 0.5) is 0 Å². The van der Waals surface area contributed by atoms with E-state index in [1.54, 1.807) is 17.8 Å². The van der Waals surface area contributed by atoms with Gasteiger partial charge in [0.25, 0.3) is 0 Å². The molecular formula is C5H6NS. The second-order valence-corrected chi connectivity index (χ2v) is 2.33. The molecule has 0 aromatic heterocycles. The summed E-state index contributed by atoms with van der Waals surface area (Å²) < 4.78 is 0. The Morgan fingerprint density at radius 2 is 2.57 bits per heavy atom. The Labute approximate surface area is 47.3 Å². The van der Waals surface area contributed by atoms with E-state index in [-0.39, 0.29) is 0 Å². The van der Waals surface area contributed by atoms with E-state index in [1.807, 2.05) is 12.2 Å². The van der Waals surface area contributed by atoms with Gasteiger partial charge in [0.2, 0.25) is 0 Å². The van der Waals surface area contributed by atoms with Crippen molar-refractivity contribution in [1.29, 1.82) is 0 Å². The van der Waals surface area contributed by atoms with E-state index in [1.165, 1.54) is 0 Å². The largest absolute Gasteiger partial charge is 0.294 e. The SMILES string of the molecule is [NH]C1=CC=CCS1. The molecule has 0 fully saturated rings. The van der Waals surface area contributed by atoms with Gasteiger partial charge in [-0.05, 0) is 6.08 Å². The molecule has 2 heteroatoms. The molecule has 1 radical (unpaired) electrons. The highest BCUT2D eigenvalue weighted by Gasteiger charge is 1.90. The highest BCUT2D eigenvalue weighted by Crippen LogP contribution is 2.14. The summed E-state index contributed by atoms with van der Waals surface area (Å²) in [6.45, 7) is 0. The summed E-state index contributed by atoms with van der Waals surface area (Å²) in [7, 11) is 0. The van der Waals surface area contributed by atoms with Crippen molar-refractivity contribution >= 4 is 11.8 Å². The van der Waals surface area contributed by atoms with Gasteiger partial charge < -0.3 is 0 Å². The number of rotatable bonds is 0. The van der Waals surface area contributed by atoms with Gasteiger partial charge in [-0.1, -0.05) is 12.2 Å². The monoisotopic (exact) mass is 112 g/mol. The predicted octanol–water partition coefficient (Wildman–Crippen LogP) is 1.41. The summed E-state index contributed by atoms with van der Waals surface area (Å²) >= 11 is 1.56. The number of thioether (sulfide) groups is 1. The number of hydrogen-bond acceptors (Lipinski definition) is 1. The first kappa shape index (κ1) is 4.78. The van der Waals surface area contributed by atoms with Crippen LogP contribution in [0, 0.1) is 0 Å². The van der Waals surface area contributed by atoms with E-state index in [4.69, 9.17) is 5.73 Å². The van der Waals surface area contributed by atoms with Crippen LogP contribution in [0.5, 0.6) is 0 Å². The lowest BCUT2D eigenvalue weighted by atomic mass is 10.5. The van der Waals surface area contributed by atoms with Crippen molar-refractivity contribution in [2.45, 2.75) is 0 Å². The van der Waals surface area contributed by atoms with Gasteiger partial charge in [-0.15, -0.1) is 11.8 Å². The summed E-state index contributed by atoms with van der Waals surface area (Å²) in [4.78, 5) is 0. The van der Waals surface area contributed by atoms with E-state index in [2.05, 4.69) is 0 Å². The summed E-state index contributed by atoms with van der Waals surface area (Å²) in [5.41, 5.74) is 7.04. The quantitative estimate of drug-likeness (QED) is 0.465. The highest BCUT2D eigenvalue weighted by atomic mass is 32.2. The van der Waals surface area contributed by atoms with Crippen molar-refractivity contribution in [1.82, 2.24) is 5.73 Å². The topological polar surface area (TPSA) is 23.8 Å².